The molecule has 1 saturated heterocycles. The highest BCUT2D eigenvalue weighted by Crippen LogP contribution is 2.32. The van der Waals surface area contributed by atoms with Crippen molar-refractivity contribution in [1.29, 1.82) is 5.26 Å². The number of anilines is 1. The number of hydrogen-bond donors (Lipinski definition) is 0. The van der Waals surface area contributed by atoms with E-state index in [0.717, 1.165) is 23.5 Å². The van der Waals surface area contributed by atoms with Crippen LogP contribution in [-0.4, -0.2) is 29.9 Å². The number of hydrogen-bond acceptors (Lipinski definition) is 5. The Morgan fingerprint density at radius 2 is 2.41 bits per heavy atom. The van der Waals surface area contributed by atoms with Gasteiger partial charge in [-0.05, 0) is 30.5 Å². The van der Waals surface area contributed by atoms with E-state index in [-0.39, 0.29) is 11.9 Å². The lowest BCUT2D eigenvalue weighted by atomic mass is 10.2. The van der Waals surface area contributed by atoms with Gasteiger partial charge in [-0.3, -0.25) is 9.69 Å². The highest BCUT2D eigenvalue weighted by atomic mass is 32.1. The molecule has 0 N–H and O–H groups in total. The Balaban J connectivity index is 1.76. The minimum Gasteiger partial charge on any atom is -0.472 e. The van der Waals surface area contributed by atoms with E-state index >= 15 is 0 Å². The van der Waals surface area contributed by atoms with E-state index in [9.17, 15) is 4.79 Å². The minimum absolute atomic E-state index is 0.0873. The standard InChI is InChI=1S/C16H17N3O2S/c1-2-18(10-12-4-7-21-11-12)14-3-6-19(15(14)20)16-13(9-17)5-8-22-16/h4-5,7-8,11,14H,2-3,6,10H2,1H3. The van der Waals surface area contributed by atoms with Crippen molar-refractivity contribution in [3.8, 4) is 6.07 Å². The second-order valence-electron chi connectivity index (χ2n) is 5.24. The van der Waals surface area contributed by atoms with Crippen LogP contribution < -0.4 is 4.90 Å². The van der Waals surface area contributed by atoms with Crippen molar-refractivity contribution in [3.63, 3.8) is 0 Å². The molecule has 114 valence electrons. The summed E-state index contributed by atoms with van der Waals surface area (Å²) in [5.41, 5.74) is 1.65. The van der Waals surface area contributed by atoms with Gasteiger partial charge < -0.3 is 9.32 Å². The first kappa shape index (κ1) is 14.8. The molecule has 0 aromatic carbocycles. The van der Waals surface area contributed by atoms with Crippen molar-refractivity contribution >= 4 is 22.2 Å². The molecule has 2 aromatic rings. The first-order valence-electron chi connectivity index (χ1n) is 7.28. The zero-order chi connectivity index (χ0) is 15.5. The number of furan rings is 1. The van der Waals surface area contributed by atoms with E-state index in [2.05, 4.69) is 17.9 Å². The van der Waals surface area contributed by atoms with E-state index in [4.69, 9.17) is 9.68 Å². The van der Waals surface area contributed by atoms with Crippen LogP contribution >= 0.6 is 11.3 Å². The molecule has 1 amide bonds. The highest BCUT2D eigenvalue weighted by Gasteiger charge is 2.37. The molecule has 1 atom stereocenters. The first-order chi connectivity index (χ1) is 10.7. The number of carbonyl (C=O) groups is 1. The maximum atomic E-state index is 12.8. The van der Waals surface area contributed by atoms with Crippen molar-refractivity contribution in [1.82, 2.24) is 4.90 Å². The molecule has 6 heteroatoms. The maximum Gasteiger partial charge on any atom is 0.245 e. The number of amides is 1. The molecule has 0 bridgehead atoms. The molecule has 22 heavy (non-hydrogen) atoms. The molecule has 0 saturated carbocycles. The van der Waals surface area contributed by atoms with Gasteiger partial charge in [0.15, 0.2) is 0 Å². The molecular formula is C16H17N3O2S. The number of nitriles is 1. The summed E-state index contributed by atoms with van der Waals surface area (Å²) in [5.74, 6) is 0.0873. The van der Waals surface area contributed by atoms with Crippen LogP contribution in [0.5, 0.6) is 0 Å². The minimum atomic E-state index is -0.131. The Morgan fingerprint density at radius 3 is 3.09 bits per heavy atom. The van der Waals surface area contributed by atoms with Crippen LogP contribution in [0.2, 0.25) is 0 Å². The van der Waals surface area contributed by atoms with Gasteiger partial charge in [0, 0.05) is 18.7 Å². The molecule has 1 fully saturated rings. The monoisotopic (exact) mass is 315 g/mol. The van der Waals surface area contributed by atoms with Crippen molar-refractivity contribution < 1.29 is 9.21 Å². The van der Waals surface area contributed by atoms with Gasteiger partial charge in [0.1, 0.15) is 11.1 Å². The smallest absolute Gasteiger partial charge is 0.245 e. The lowest BCUT2D eigenvalue weighted by Crippen LogP contribution is -2.41. The number of thiophene rings is 1. The Hall–Kier alpha value is -2.10. The van der Waals surface area contributed by atoms with Gasteiger partial charge in [-0.2, -0.15) is 5.26 Å². The molecule has 1 aliphatic heterocycles. The molecule has 1 aliphatic rings. The van der Waals surface area contributed by atoms with E-state index in [1.54, 1.807) is 23.5 Å². The summed E-state index contributed by atoms with van der Waals surface area (Å²) in [4.78, 5) is 16.7. The van der Waals surface area contributed by atoms with Crippen molar-refractivity contribution in [2.45, 2.75) is 25.9 Å². The number of likely N-dealkylation sites (N-methyl/N-ethyl adjacent to an activating group) is 1. The molecule has 0 aliphatic carbocycles. The zero-order valence-corrected chi connectivity index (χ0v) is 13.2. The molecule has 3 heterocycles. The van der Waals surface area contributed by atoms with Gasteiger partial charge in [-0.1, -0.05) is 6.92 Å². The maximum absolute atomic E-state index is 12.8. The quantitative estimate of drug-likeness (QED) is 0.851. The van der Waals surface area contributed by atoms with Crippen molar-refractivity contribution in [3.05, 3.63) is 41.2 Å². The predicted octanol–water partition coefficient (Wildman–Crippen LogP) is 2.84. The zero-order valence-electron chi connectivity index (χ0n) is 12.4. The second-order valence-corrected chi connectivity index (χ2v) is 6.13. The van der Waals surface area contributed by atoms with E-state index in [0.29, 0.717) is 18.7 Å². The SMILES string of the molecule is CCN(Cc1ccoc1)C1CCN(c2sccc2C#N)C1=O. The predicted molar refractivity (Wildman–Crippen MR) is 84.6 cm³/mol. The van der Waals surface area contributed by atoms with Gasteiger partial charge in [0.05, 0.1) is 24.1 Å². The Kier molecular flexibility index (Phi) is 4.27. The fraction of sp³-hybridized carbons (Fsp3) is 0.375. The van der Waals surface area contributed by atoms with Gasteiger partial charge in [-0.25, -0.2) is 0 Å². The normalized spacial score (nSPS) is 18.1. The molecule has 1 unspecified atom stereocenters. The summed E-state index contributed by atoms with van der Waals surface area (Å²) in [6, 6.07) is 5.72. The number of rotatable bonds is 5. The lowest BCUT2D eigenvalue weighted by Gasteiger charge is -2.25. The summed E-state index contributed by atoms with van der Waals surface area (Å²) < 4.78 is 5.10. The summed E-state index contributed by atoms with van der Waals surface area (Å²) in [5, 5.41) is 11.8. The van der Waals surface area contributed by atoms with E-state index in [1.807, 2.05) is 11.4 Å². The van der Waals surface area contributed by atoms with Crippen LogP contribution in [0.1, 0.15) is 24.5 Å². The topological polar surface area (TPSA) is 60.5 Å². The Bertz CT molecular complexity index is 687. The van der Waals surface area contributed by atoms with Crippen molar-refractivity contribution in [2.75, 3.05) is 18.0 Å². The van der Waals surface area contributed by atoms with E-state index < -0.39 is 0 Å². The fourth-order valence-corrected chi connectivity index (χ4v) is 3.74. The molecule has 3 rings (SSSR count). The average molecular weight is 315 g/mol. The Labute approximate surface area is 133 Å². The van der Waals surface area contributed by atoms with E-state index in [1.165, 1.54) is 11.3 Å². The van der Waals surface area contributed by atoms with Gasteiger partial charge in [0.25, 0.3) is 0 Å². The molecule has 0 spiro atoms. The van der Waals surface area contributed by atoms with Gasteiger partial charge >= 0.3 is 0 Å². The average Bonchev–Trinajstić information content (AvgIpc) is 3.25. The Morgan fingerprint density at radius 1 is 1.55 bits per heavy atom. The molecular weight excluding hydrogens is 298 g/mol. The lowest BCUT2D eigenvalue weighted by molar-refractivity contribution is -0.121. The molecule has 0 radical (unpaired) electrons. The summed E-state index contributed by atoms with van der Waals surface area (Å²) in [7, 11) is 0. The summed E-state index contributed by atoms with van der Waals surface area (Å²) >= 11 is 1.45. The number of nitrogens with zero attached hydrogens (tertiary/aromatic N) is 3. The van der Waals surface area contributed by atoms with Crippen LogP contribution in [0.15, 0.2) is 34.5 Å². The summed E-state index contributed by atoms with van der Waals surface area (Å²) in [6.07, 6.45) is 4.15. The van der Waals surface area contributed by atoms with Crippen LogP contribution in [0.25, 0.3) is 0 Å². The molecule has 2 aromatic heterocycles. The van der Waals surface area contributed by atoms with Gasteiger partial charge in [0.2, 0.25) is 5.91 Å². The number of carbonyl (C=O) groups excluding carboxylic acids is 1. The molecule has 5 nitrogen and oxygen atoms in total. The third-order valence-electron chi connectivity index (χ3n) is 4.00. The largest absolute Gasteiger partial charge is 0.472 e. The third-order valence-corrected chi connectivity index (χ3v) is 4.94. The third kappa shape index (κ3) is 2.65. The van der Waals surface area contributed by atoms with Crippen molar-refractivity contribution in [2.24, 2.45) is 0 Å². The van der Waals surface area contributed by atoms with Crippen LogP contribution in [0.3, 0.4) is 0 Å². The van der Waals surface area contributed by atoms with Crippen LogP contribution in [0.4, 0.5) is 5.00 Å². The van der Waals surface area contributed by atoms with Gasteiger partial charge in [-0.15, -0.1) is 11.3 Å². The first-order valence-corrected chi connectivity index (χ1v) is 8.16. The summed E-state index contributed by atoms with van der Waals surface area (Å²) in [6.45, 7) is 4.22. The van der Waals surface area contributed by atoms with Crippen LogP contribution in [0, 0.1) is 11.3 Å². The van der Waals surface area contributed by atoms with Crippen LogP contribution in [-0.2, 0) is 11.3 Å². The fourth-order valence-electron chi connectivity index (χ4n) is 2.86. The highest BCUT2D eigenvalue weighted by molar-refractivity contribution is 7.14. The second kappa shape index (κ2) is 6.34.